The molecule has 0 amide bonds. The van der Waals surface area contributed by atoms with Crippen molar-refractivity contribution in [1.29, 1.82) is 5.26 Å². The Balaban J connectivity index is 2.57. The summed E-state index contributed by atoms with van der Waals surface area (Å²) < 4.78 is 0. The van der Waals surface area contributed by atoms with Crippen molar-refractivity contribution in [2.45, 2.75) is 13.8 Å². The van der Waals surface area contributed by atoms with Gasteiger partial charge in [-0.2, -0.15) is 5.26 Å². The van der Waals surface area contributed by atoms with Crippen LogP contribution >= 0.6 is 0 Å². The second-order valence-corrected chi connectivity index (χ2v) is 3.82. The molecular weight excluding hydrogens is 212 g/mol. The number of hydrogen-bond acceptors (Lipinski definition) is 4. The summed E-state index contributed by atoms with van der Waals surface area (Å²) >= 11 is 0. The van der Waals surface area contributed by atoms with Crippen molar-refractivity contribution in [1.82, 2.24) is 9.97 Å². The molecule has 84 valence electrons. The van der Waals surface area contributed by atoms with E-state index >= 15 is 0 Å². The van der Waals surface area contributed by atoms with Crippen molar-refractivity contribution in [3.63, 3.8) is 0 Å². The largest absolute Gasteiger partial charge is 0.368 e. The van der Waals surface area contributed by atoms with E-state index < -0.39 is 0 Å². The van der Waals surface area contributed by atoms with Crippen LogP contribution in [0.25, 0.3) is 11.1 Å². The molecule has 0 fully saturated rings. The number of aryl methyl sites for hydroxylation is 2. The predicted molar refractivity (Wildman–Crippen MR) is 66.1 cm³/mol. The summed E-state index contributed by atoms with van der Waals surface area (Å²) in [5.74, 6) is 0.289. The van der Waals surface area contributed by atoms with E-state index in [2.05, 4.69) is 16.0 Å². The summed E-state index contributed by atoms with van der Waals surface area (Å²) in [5.41, 5.74) is 9.89. The van der Waals surface area contributed by atoms with Crippen LogP contribution in [-0.2, 0) is 0 Å². The number of hydrogen-bond donors (Lipinski definition) is 1. The molecule has 0 spiro atoms. The smallest absolute Gasteiger partial charge is 0.220 e. The van der Waals surface area contributed by atoms with Gasteiger partial charge in [0.05, 0.1) is 23.0 Å². The normalized spacial score (nSPS) is 9.94. The van der Waals surface area contributed by atoms with Crippen LogP contribution in [0.15, 0.2) is 24.3 Å². The van der Waals surface area contributed by atoms with E-state index in [1.807, 2.05) is 26.0 Å². The van der Waals surface area contributed by atoms with E-state index in [0.717, 1.165) is 22.5 Å². The first-order valence-corrected chi connectivity index (χ1v) is 5.23. The highest BCUT2D eigenvalue weighted by Gasteiger charge is 2.09. The van der Waals surface area contributed by atoms with E-state index in [4.69, 9.17) is 11.0 Å². The minimum Gasteiger partial charge on any atom is -0.368 e. The summed E-state index contributed by atoms with van der Waals surface area (Å²) in [6.07, 6.45) is 0. The van der Waals surface area contributed by atoms with E-state index in [1.165, 1.54) is 0 Å². The topological polar surface area (TPSA) is 75.6 Å². The van der Waals surface area contributed by atoms with Crippen molar-refractivity contribution in [2.24, 2.45) is 0 Å². The summed E-state index contributed by atoms with van der Waals surface area (Å²) in [7, 11) is 0. The van der Waals surface area contributed by atoms with E-state index in [0.29, 0.717) is 5.56 Å². The maximum Gasteiger partial charge on any atom is 0.220 e. The van der Waals surface area contributed by atoms with Crippen LogP contribution in [0.5, 0.6) is 0 Å². The molecule has 0 aliphatic carbocycles. The van der Waals surface area contributed by atoms with Gasteiger partial charge in [0.15, 0.2) is 0 Å². The highest BCUT2D eigenvalue weighted by atomic mass is 15.0. The lowest BCUT2D eigenvalue weighted by Crippen LogP contribution is -2.01. The fourth-order valence-electron chi connectivity index (χ4n) is 1.87. The highest BCUT2D eigenvalue weighted by molar-refractivity contribution is 5.69. The fourth-order valence-corrected chi connectivity index (χ4v) is 1.87. The SMILES string of the molecule is Cc1nc(N)nc(C)c1-c1ccc(C#N)cc1. The third-order valence-electron chi connectivity index (χ3n) is 2.59. The lowest BCUT2D eigenvalue weighted by Gasteiger charge is -2.09. The van der Waals surface area contributed by atoms with Gasteiger partial charge in [-0.3, -0.25) is 0 Å². The van der Waals surface area contributed by atoms with Crippen LogP contribution < -0.4 is 5.73 Å². The van der Waals surface area contributed by atoms with Gasteiger partial charge in [0.25, 0.3) is 0 Å². The molecule has 2 rings (SSSR count). The molecule has 17 heavy (non-hydrogen) atoms. The maximum atomic E-state index is 8.75. The van der Waals surface area contributed by atoms with Crippen molar-refractivity contribution in [2.75, 3.05) is 5.73 Å². The van der Waals surface area contributed by atoms with Gasteiger partial charge in [-0.05, 0) is 31.5 Å². The monoisotopic (exact) mass is 224 g/mol. The first kappa shape index (κ1) is 11.1. The molecule has 0 aliphatic heterocycles. The molecule has 1 aromatic carbocycles. The molecule has 1 aromatic heterocycles. The molecule has 4 nitrogen and oxygen atoms in total. The van der Waals surface area contributed by atoms with E-state index in [9.17, 15) is 0 Å². The highest BCUT2D eigenvalue weighted by Crippen LogP contribution is 2.25. The number of nitrogens with zero attached hydrogens (tertiary/aromatic N) is 3. The molecule has 2 N–H and O–H groups in total. The Kier molecular flexibility index (Phi) is 2.75. The molecule has 1 heterocycles. The van der Waals surface area contributed by atoms with Crippen molar-refractivity contribution in [3.05, 3.63) is 41.2 Å². The van der Waals surface area contributed by atoms with Crippen LogP contribution in [0.3, 0.4) is 0 Å². The molecule has 0 radical (unpaired) electrons. The Morgan fingerprint density at radius 2 is 1.59 bits per heavy atom. The van der Waals surface area contributed by atoms with Crippen molar-refractivity contribution >= 4 is 5.95 Å². The summed E-state index contributed by atoms with van der Waals surface area (Å²) in [6, 6.07) is 9.45. The molecule has 2 aromatic rings. The van der Waals surface area contributed by atoms with Crippen LogP contribution in [0.1, 0.15) is 17.0 Å². The lowest BCUT2D eigenvalue weighted by molar-refractivity contribution is 1.07. The first-order chi connectivity index (χ1) is 8.11. The first-order valence-electron chi connectivity index (χ1n) is 5.23. The molecule has 0 atom stereocenters. The van der Waals surface area contributed by atoms with Crippen LogP contribution in [-0.4, -0.2) is 9.97 Å². The number of anilines is 1. The average Bonchev–Trinajstić information content (AvgIpc) is 2.28. The lowest BCUT2D eigenvalue weighted by atomic mass is 10.0. The van der Waals surface area contributed by atoms with Gasteiger partial charge in [-0.25, -0.2) is 9.97 Å². The fraction of sp³-hybridized carbons (Fsp3) is 0.154. The summed E-state index contributed by atoms with van der Waals surface area (Å²) in [4.78, 5) is 8.31. The standard InChI is InChI=1S/C13H12N4/c1-8-12(9(2)17-13(15)16-8)11-5-3-10(7-14)4-6-11/h3-6H,1-2H3,(H2,15,16,17). The second-order valence-electron chi connectivity index (χ2n) is 3.82. The molecule has 0 aliphatic rings. The number of benzene rings is 1. The van der Waals surface area contributed by atoms with Crippen molar-refractivity contribution in [3.8, 4) is 17.2 Å². The molecule has 0 bridgehead atoms. The third-order valence-corrected chi connectivity index (χ3v) is 2.59. The third kappa shape index (κ3) is 2.08. The quantitative estimate of drug-likeness (QED) is 0.805. The Labute approximate surface area is 99.8 Å². The maximum absolute atomic E-state index is 8.75. The van der Waals surface area contributed by atoms with Crippen LogP contribution in [0.2, 0.25) is 0 Å². The van der Waals surface area contributed by atoms with Gasteiger partial charge in [0.2, 0.25) is 5.95 Å². The zero-order valence-electron chi connectivity index (χ0n) is 9.73. The zero-order chi connectivity index (χ0) is 12.4. The number of aromatic nitrogens is 2. The predicted octanol–water partition coefficient (Wildman–Crippen LogP) is 2.21. The molecule has 0 saturated carbocycles. The summed E-state index contributed by atoms with van der Waals surface area (Å²) in [6.45, 7) is 3.80. The number of nitriles is 1. The minimum absolute atomic E-state index is 0.289. The van der Waals surface area contributed by atoms with E-state index in [1.54, 1.807) is 12.1 Å². The zero-order valence-corrected chi connectivity index (χ0v) is 9.73. The molecular formula is C13H12N4. The Bertz CT molecular complexity index is 571. The van der Waals surface area contributed by atoms with E-state index in [-0.39, 0.29) is 5.95 Å². The molecule has 0 saturated heterocycles. The second kappa shape index (κ2) is 4.22. The minimum atomic E-state index is 0.289. The van der Waals surface area contributed by atoms with Gasteiger partial charge in [0, 0.05) is 5.56 Å². The van der Waals surface area contributed by atoms with Gasteiger partial charge < -0.3 is 5.73 Å². The van der Waals surface area contributed by atoms with Gasteiger partial charge >= 0.3 is 0 Å². The van der Waals surface area contributed by atoms with Crippen LogP contribution in [0.4, 0.5) is 5.95 Å². The molecule has 0 unspecified atom stereocenters. The summed E-state index contributed by atoms with van der Waals surface area (Å²) in [5, 5.41) is 8.75. The number of nitrogens with two attached hydrogens (primary N) is 1. The van der Waals surface area contributed by atoms with Gasteiger partial charge in [0.1, 0.15) is 0 Å². The Hall–Kier alpha value is -2.41. The number of nitrogen functional groups attached to an aromatic ring is 1. The Morgan fingerprint density at radius 1 is 1.06 bits per heavy atom. The van der Waals surface area contributed by atoms with Gasteiger partial charge in [-0.15, -0.1) is 0 Å². The average molecular weight is 224 g/mol. The Morgan fingerprint density at radius 3 is 2.06 bits per heavy atom. The number of rotatable bonds is 1. The van der Waals surface area contributed by atoms with Crippen LogP contribution in [0, 0.1) is 25.2 Å². The molecule has 4 heteroatoms. The van der Waals surface area contributed by atoms with Gasteiger partial charge in [-0.1, -0.05) is 12.1 Å². The van der Waals surface area contributed by atoms with Crippen molar-refractivity contribution < 1.29 is 0 Å².